The zero-order chi connectivity index (χ0) is 17.8. The Morgan fingerprint density at radius 3 is 2.46 bits per heavy atom. The molecular weight excluding hydrogens is 330 g/mol. The number of ether oxygens (including phenoxy) is 1. The van der Waals surface area contributed by atoms with Gasteiger partial charge >= 0.3 is 0 Å². The van der Waals surface area contributed by atoms with E-state index in [1.807, 2.05) is 47.5 Å². The van der Waals surface area contributed by atoms with E-state index in [4.69, 9.17) is 4.74 Å². The lowest BCUT2D eigenvalue weighted by Gasteiger charge is -2.31. The van der Waals surface area contributed by atoms with Crippen LogP contribution < -0.4 is 0 Å². The van der Waals surface area contributed by atoms with Gasteiger partial charge in [-0.15, -0.1) is 0 Å². The molecule has 3 aromatic rings. The summed E-state index contributed by atoms with van der Waals surface area (Å²) in [6.07, 6.45) is 5.45. The third-order valence-corrected chi connectivity index (χ3v) is 4.61. The maximum Gasteiger partial charge on any atom is 0.246 e. The van der Waals surface area contributed by atoms with Crippen molar-refractivity contribution in [2.24, 2.45) is 0 Å². The number of hydrogen-bond donors (Lipinski definition) is 0. The fraction of sp³-hybridized carbons (Fsp3) is 0.368. The molecule has 0 spiro atoms. The average Bonchev–Trinajstić information content (AvgIpc) is 3.10. The van der Waals surface area contributed by atoms with Crippen LogP contribution in [0.5, 0.6) is 0 Å². The predicted molar refractivity (Wildman–Crippen MR) is 96.2 cm³/mol. The van der Waals surface area contributed by atoms with Gasteiger partial charge in [-0.3, -0.25) is 9.78 Å². The molecule has 0 atom stereocenters. The van der Waals surface area contributed by atoms with E-state index >= 15 is 0 Å². The molecule has 134 valence electrons. The normalized spacial score (nSPS) is 15.5. The molecule has 7 heteroatoms. The largest absolute Gasteiger partial charge is 0.373 e. The number of fused-ring (bicyclic) bond motifs is 1. The smallest absolute Gasteiger partial charge is 0.246 e. The van der Waals surface area contributed by atoms with Gasteiger partial charge in [0.15, 0.2) is 0 Å². The second-order valence-corrected chi connectivity index (χ2v) is 6.47. The molecule has 0 radical (unpaired) electrons. The van der Waals surface area contributed by atoms with E-state index in [9.17, 15) is 4.79 Å². The fourth-order valence-electron chi connectivity index (χ4n) is 3.17. The Bertz CT molecular complexity index is 839. The van der Waals surface area contributed by atoms with Gasteiger partial charge in [-0.25, -0.2) is 0 Å². The van der Waals surface area contributed by atoms with Crippen LogP contribution in [0.25, 0.3) is 11.0 Å². The lowest BCUT2D eigenvalue weighted by Crippen LogP contribution is -2.42. The molecule has 1 amide bonds. The first-order chi connectivity index (χ1) is 12.8. The number of carbonyl (C=O) groups is 1. The van der Waals surface area contributed by atoms with Crippen LogP contribution >= 0.6 is 0 Å². The van der Waals surface area contributed by atoms with Gasteiger partial charge in [-0.1, -0.05) is 18.2 Å². The number of likely N-dealkylation sites (tertiary alicyclic amines) is 1. The van der Waals surface area contributed by atoms with Gasteiger partial charge in [0, 0.05) is 25.5 Å². The van der Waals surface area contributed by atoms with Crippen molar-refractivity contribution in [3.63, 3.8) is 0 Å². The van der Waals surface area contributed by atoms with Crippen LogP contribution in [0, 0.1) is 0 Å². The van der Waals surface area contributed by atoms with Crippen molar-refractivity contribution in [3.05, 3.63) is 54.4 Å². The monoisotopic (exact) mass is 351 g/mol. The van der Waals surface area contributed by atoms with Gasteiger partial charge in [0.1, 0.15) is 17.6 Å². The summed E-state index contributed by atoms with van der Waals surface area (Å²) >= 11 is 0. The molecule has 2 aromatic heterocycles. The quantitative estimate of drug-likeness (QED) is 0.703. The van der Waals surface area contributed by atoms with E-state index in [1.165, 1.54) is 4.80 Å². The van der Waals surface area contributed by atoms with Crippen LogP contribution in [0.15, 0.2) is 48.8 Å². The van der Waals surface area contributed by atoms with Crippen molar-refractivity contribution in [3.8, 4) is 0 Å². The zero-order valence-electron chi connectivity index (χ0n) is 14.5. The van der Waals surface area contributed by atoms with Gasteiger partial charge in [0.05, 0.1) is 12.7 Å². The van der Waals surface area contributed by atoms with Gasteiger partial charge in [-0.2, -0.15) is 15.0 Å². The summed E-state index contributed by atoms with van der Waals surface area (Å²) in [5.74, 6) is 0.0519. The minimum absolute atomic E-state index is 0.0519. The molecule has 1 fully saturated rings. The second-order valence-electron chi connectivity index (χ2n) is 6.47. The van der Waals surface area contributed by atoms with Crippen LogP contribution in [0.1, 0.15) is 18.4 Å². The standard InChI is InChI=1S/C19H21N5O2/c25-19(13-24-21-17-5-1-2-6-18(17)22-24)23-10-7-16(8-11-23)26-14-15-4-3-9-20-12-15/h1-6,9,12,16H,7-8,10-11,13-14H2. The van der Waals surface area contributed by atoms with Gasteiger partial charge in [0.25, 0.3) is 0 Å². The highest BCUT2D eigenvalue weighted by Gasteiger charge is 2.23. The molecule has 0 bridgehead atoms. The molecule has 1 aromatic carbocycles. The third kappa shape index (κ3) is 3.88. The van der Waals surface area contributed by atoms with E-state index in [0.717, 1.165) is 29.4 Å². The fourth-order valence-corrected chi connectivity index (χ4v) is 3.17. The van der Waals surface area contributed by atoms with Crippen LogP contribution in [-0.2, 0) is 22.7 Å². The zero-order valence-corrected chi connectivity index (χ0v) is 14.5. The minimum atomic E-state index is 0.0519. The maximum absolute atomic E-state index is 12.5. The number of benzene rings is 1. The summed E-state index contributed by atoms with van der Waals surface area (Å²) in [6.45, 7) is 2.15. The number of hydrogen-bond acceptors (Lipinski definition) is 5. The number of nitrogens with zero attached hydrogens (tertiary/aromatic N) is 5. The molecule has 1 aliphatic rings. The number of piperidine rings is 1. The SMILES string of the molecule is O=C(Cn1nc2ccccc2n1)N1CCC(OCc2cccnc2)CC1. The van der Waals surface area contributed by atoms with Crippen molar-refractivity contribution >= 4 is 16.9 Å². The Labute approximate surface area is 151 Å². The molecule has 3 heterocycles. The van der Waals surface area contributed by atoms with Crippen molar-refractivity contribution < 1.29 is 9.53 Å². The van der Waals surface area contributed by atoms with E-state index in [1.54, 1.807) is 6.20 Å². The van der Waals surface area contributed by atoms with Crippen molar-refractivity contribution in [1.82, 2.24) is 24.9 Å². The molecule has 0 aliphatic carbocycles. The highest BCUT2D eigenvalue weighted by atomic mass is 16.5. The Morgan fingerprint density at radius 1 is 1.08 bits per heavy atom. The molecule has 4 rings (SSSR count). The topological polar surface area (TPSA) is 73.1 Å². The first-order valence-corrected chi connectivity index (χ1v) is 8.86. The molecule has 7 nitrogen and oxygen atoms in total. The number of amides is 1. The van der Waals surface area contributed by atoms with Crippen LogP contribution in [0.2, 0.25) is 0 Å². The van der Waals surface area contributed by atoms with E-state index in [-0.39, 0.29) is 18.6 Å². The summed E-state index contributed by atoms with van der Waals surface area (Å²) in [7, 11) is 0. The second kappa shape index (κ2) is 7.61. The number of rotatable bonds is 5. The maximum atomic E-state index is 12.5. The number of pyridine rings is 1. The molecule has 0 saturated carbocycles. The number of carbonyl (C=O) groups excluding carboxylic acids is 1. The summed E-state index contributed by atoms with van der Waals surface area (Å²) in [5.41, 5.74) is 2.69. The van der Waals surface area contributed by atoms with Gasteiger partial charge < -0.3 is 9.64 Å². The molecule has 0 N–H and O–H groups in total. The average molecular weight is 351 g/mol. The highest BCUT2D eigenvalue weighted by molar-refractivity contribution is 5.77. The van der Waals surface area contributed by atoms with Gasteiger partial charge in [0.2, 0.25) is 5.91 Å². The predicted octanol–water partition coefficient (Wildman–Crippen LogP) is 2.03. The first-order valence-electron chi connectivity index (χ1n) is 8.86. The number of aromatic nitrogens is 4. The van der Waals surface area contributed by atoms with Crippen LogP contribution in [0.4, 0.5) is 0 Å². The summed E-state index contributed by atoms with van der Waals surface area (Å²) in [6, 6.07) is 11.5. The van der Waals surface area contributed by atoms with Crippen molar-refractivity contribution in [2.45, 2.75) is 32.1 Å². The van der Waals surface area contributed by atoms with Gasteiger partial charge in [-0.05, 0) is 36.6 Å². The van der Waals surface area contributed by atoms with Crippen molar-refractivity contribution in [2.75, 3.05) is 13.1 Å². The van der Waals surface area contributed by atoms with E-state index < -0.39 is 0 Å². The Hall–Kier alpha value is -2.80. The molecular formula is C19H21N5O2. The lowest BCUT2D eigenvalue weighted by atomic mass is 10.1. The molecule has 1 aliphatic heterocycles. The molecule has 1 saturated heterocycles. The third-order valence-electron chi connectivity index (χ3n) is 4.61. The summed E-state index contributed by atoms with van der Waals surface area (Å²) in [4.78, 5) is 20.0. The van der Waals surface area contributed by atoms with Crippen LogP contribution in [0.3, 0.4) is 0 Å². The van der Waals surface area contributed by atoms with E-state index in [0.29, 0.717) is 19.7 Å². The summed E-state index contributed by atoms with van der Waals surface area (Å²) < 4.78 is 5.95. The Kier molecular flexibility index (Phi) is 4.88. The molecule has 26 heavy (non-hydrogen) atoms. The first kappa shape index (κ1) is 16.7. The molecule has 0 unspecified atom stereocenters. The Balaban J connectivity index is 1.26. The summed E-state index contributed by atoms with van der Waals surface area (Å²) in [5, 5.41) is 8.71. The minimum Gasteiger partial charge on any atom is -0.373 e. The van der Waals surface area contributed by atoms with Crippen molar-refractivity contribution in [1.29, 1.82) is 0 Å². The van der Waals surface area contributed by atoms with Crippen LogP contribution in [-0.4, -0.2) is 50.0 Å². The Morgan fingerprint density at radius 2 is 1.81 bits per heavy atom. The highest BCUT2D eigenvalue weighted by Crippen LogP contribution is 2.16. The van der Waals surface area contributed by atoms with E-state index in [2.05, 4.69) is 15.2 Å². The lowest BCUT2D eigenvalue weighted by molar-refractivity contribution is -0.135.